The molecule has 5 heteroatoms. The summed E-state index contributed by atoms with van der Waals surface area (Å²) < 4.78 is 5.86. The molecule has 37 heavy (non-hydrogen) atoms. The molecule has 0 heterocycles. The summed E-state index contributed by atoms with van der Waals surface area (Å²) in [5.41, 5.74) is -0.708. The van der Waals surface area contributed by atoms with Gasteiger partial charge in [-0.15, -0.1) is 0 Å². The van der Waals surface area contributed by atoms with Crippen LogP contribution >= 0.6 is 0 Å². The second-order valence-corrected chi connectivity index (χ2v) is 15.3. The van der Waals surface area contributed by atoms with E-state index in [-0.39, 0.29) is 45.6 Å². The van der Waals surface area contributed by atoms with Crippen LogP contribution in [-0.4, -0.2) is 33.9 Å². The van der Waals surface area contributed by atoms with Crippen LogP contribution in [0.2, 0.25) is 0 Å². The lowest BCUT2D eigenvalue weighted by molar-refractivity contribution is -0.221. The summed E-state index contributed by atoms with van der Waals surface area (Å²) in [6.45, 7) is 17.5. The summed E-state index contributed by atoms with van der Waals surface area (Å²) in [5, 5.41) is 22.5. The molecule has 0 radical (unpaired) electrons. The third-order valence-corrected chi connectivity index (χ3v) is 13.7. The zero-order valence-electron chi connectivity index (χ0n) is 24.4. The van der Waals surface area contributed by atoms with Gasteiger partial charge >= 0.3 is 11.9 Å². The number of carbonyl (C=O) groups excluding carboxylic acids is 1. The van der Waals surface area contributed by atoms with Crippen molar-refractivity contribution in [3.8, 4) is 0 Å². The summed E-state index contributed by atoms with van der Waals surface area (Å²) in [4.78, 5) is 24.8. The largest absolute Gasteiger partial charge is 0.481 e. The summed E-state index contributed by atoms with van der Waals surface area (Å²) in [7, 11) is 0. The fourth-order valence-electron chi connectivity index (χ4n) is 11.2. The van der Waals surface area contributed by atoms with Gasteiger partial charge in [0.05, 0.1) is 11.0 Å². The first kappa shape index (κ1) is 27.2. The Bertz CT molecular complexity index is 1030. The Hall–Kier alpha value is -1.36. The third-order valence-electron chi connectivity index (χ3n) is 13.7. The molecule has 0 spiro atoms. The lowest BCUT2D eigenvalue weighted by atomic mass is 9.33. The summed E-state index contributed by atoms with van der Waals surface area (Å²) in [5.74, 6) is -0.217. The smallest absolute Gasteiger partial charge is 0.310 e. The van der Waals surface area contributed by atoms with E-state index < -0.39 is 17.0 Å². The third kappa shape index (κ3) is 3.31. The van der Waals surface area contributed by atoms with Gasteiger partial charge in [-0.3, -0.25) is 9.59 Å². The van der Waals surface area contributed by atoms with Gasteiger partial charge in [-0.1, -0.05) is 53.2 Å². The molecule has 5 aliphatic carbocycles. The Kier molecular flexibility index (Phi) is 5.95. The van der Waals surface area contributed by atoms with Crippen molar-refractivity contribution < 1.29 is 24.5 Å². The SMILES string of the molecule is CC(=O)O[C@H]1CC[C@@]2(C)C(CC[C@]3(C)C2CC=C2[C@H]4[C@](C(=O)O)(CC[C@@H](C)[C@@]4(C)O)CC[C@]23C)C1(C)C. The molecule has 5 nitrogen and oxygen atoms in total. The van der Waals surface area contributed by atoms with Gasteiger partial charge in [-0.05, 0) is 98.7 Å². The van der Waals surface area contributed by atoms with E-state index >= 15 is 0 Å². The monoisotopic (exact) mass is 514 g/mol. The first-order valence-electron chi connectivity index (χ1n) is 14.8. The van der Waals surface area contributed by atoms with E-state index in [1.807, 2.05) is 6.92 Å². The molecular formula is C32H50O5. The molecule has 2 N–H and O–H groups in total. The molecule has 0 bridgehead atoms. The van der Waals surface area contributed by atoms with Crippen LogP contribution in [-0.2, 0) is 14.3 Å². The van der Waals surface area contributed by atoms with Crippen LogP contribution in [0.1, 0.15) is 113 Å². The van der Waals surface area contributed by atoms with E-state index in [9.17, 15) is 19.8 Å². The molecule has 0 aromatic heterocycles. The predicted octanol–water partition coefficient (Wildman–Crippen LogP) is 6.78. The van der Waals surface area contributed by atoms with Crippen molar-refractivity contribution in [3.05, 3.63) is 11.6 Å². The topological polar surface area (TPSA) is 83.8 Å². The number of aliphatic hydroxyl groups is 1. The van der Waals surface area contributed by atoms with Gasteiger partial charge in [0, 0.05) is 18.3 Å². The van der Waals surface area contributed by atoms with Crippen molar-refractivity contribution in [2.45, 2.75) is 125 Å². The zero-order chi connectivity index (χ0) is 27.4. The molecule has 10 atom stereocenters. The summed E-state index contributed by atoms with van der Waals surface area (Å²) in [6.07, 6.45) is 10.4. The van der Waals surface area contributed by atoms with E-state index in [0.29, 0.717) is 24.7 Å². The van der Waals surface area contributed by atoms with E-state index in [2.05, 4.69) is 47.6 Å². The number of aliphatic carboxylic acids is 1. The van der Waals surface area contributed by atoms with Gasteiger partial charge in [0.1, 0.15) is 6.10 Å². The molecule has 5 rings (SSSR count). The van der Waals surface area contributed by atoms with Crippen LogP contribution in [0.3, 0.4) is 0 Å². The lowest BCUT2D eigenvalue weighted by Gasteiger charge is -2.71. The molecule has 4 fully saturated rings. The highest BCUT2D eigenvalue weighted by molar-refractivity contribution is 5.77. The van der Waals surface area contributed by atoms with Gasteiger partial charge in [-0.2, -0.15) is 0 Å². The van der Waals surface area contributed by atoms with E-state index in [4.69, 9.17) is 4.74 Å². The van der Waals surface area contributed by atoms with Crippen LogP contribution < -0.4 is 0 Å². The molecule has 0 aromatic rings. The van der Waals surface area contributed by atoms with Gasteiger partial charge in [0.15, 0.2) is 0 Å². The van der Waals surface area contributed by atoms with Crippen molar-refractivity contribution >= 4 is 11.9 Å². The molecule has 208 valence electrons. The van der Waals surface area contributed by atoms with E-state index in [1.165, 1.54) is 12.5 Å². The summed E-state index contributed by atoms with van der Waals surface area (Å²) >= 11 is 0. The highest BCUT2D eigenvalue weighted by Gasteiger charge is 2.71. The predicted molar refractivity (Wildman–Crippen MR) is 144 cm³/mol. The second-order valence-electron chi connectivity index (χ2n) is 15.3. The first-order chi connectivity index (χ1) is 17.0. The molecule has 0 aliphatic heterocycles. The zero-order valence-corrected chi connectivity index (χ0v) is 24.4. The maximum Gasteiger partial charge on any atom is 0.310 e. The number of carboxylic acid groups (broad SMARTS) is 1. The minimum Gasteiger partial charge on any atom is -0.481 e. The molecule has 4 saturated carbocycles. The number of allylic oxidation sites excluding steroid dienone is 1. The number of rotatable bonds is 2. The Labute approximate surface area is 223 Å². The van der Waals surface area contributed by atoms with Crippen LogP contribution in [0.25, 0.3) is 0 Å². The number of hydrogen-bond donors (Lipinski definition) is 2. The van der Waals surface area contributed by atoms with Crippen LogP contribution in [0.4, 0.5) is 0 Å². The first-order valence-corrected chi connectivity index (χ1v) is 14.8. The van der Waals surface area contributed by atoms with Crippen molar-refractivity contribution in [2.75, 3.05) is 0 Å². The fourth-order valence-corrected chi connectivity index (χ4v) is 11.2. The number of carboxylic acids is 1. The maximum absolute atomic E-state index is 12.9. The van der Waals surface area contributed by atoms with Gasteiger partial charge in [-0.25, -0.2) is 0 Å². The Morgan fingerprint density at radius 3 is 2.22 bits per heavy atom. The van der Waals surface area contributed by atoms with Gasteiger partial charge in [0.2, 0.25) is 0 Å². The van der Waals surface area contributed by atoms with Crippen LogP contribution in [0.5, 0.6) is 0 Å². The molecule has 5 aliphatic rings. The highest BCUT2D eigenvalue weighted by atomic mass is 16.5. The van der Waals surface area contributed by atoms with Crippen molar-refractivity contribution in [1.82, 2.24) is 0 Å². The average molecular weight is 515 g/mol. The van der Waals surface area contributed by atoms with Crippen molar-refractivity contribution in [3.63, 3.8) is 0 Å². The molecule has 0 aromatic carbocycles. The lowest BCUT2D eigenvalue weighted by Crippen LogP contribution is -2.67. The molecular weight excluding hydrogens is 464 g/mol. The van der Waals surface area contributed by atoms with Gasteiger partial charge < -0.3 is 14.9 Å². The maximum atomic E-state index is 12.9. The van der Waals surface area contributed by atoms with E-state index in [0.717, 1.165) is 44.9 Å². The number of fused-ring (bicyclic) bond motifs is 7. The van der Waals surface area contributed by atoms with Crippen molar-refractivity contribution in [2.24, 2.45) is 50.7 Å². The number of esters is 1. The fraction of sp³-hybridized carbons (Fsp3) is 0.875. The quantitative estimate of drug-likeness (QED) is 0.314. The Morgan fingerprint density at radius 2 is 1.59 bits per heavy atom. The van der Waals surface area contributed by atoms with Gasteiger partial charge in [0.25, 0.3) is 0 Å². The minimum absolute atomic E-state index is 0.0358. The average Bonchev–Trinajstić information content (AvgIpc) is 2.78. The standard InChI is InChI=1S/C32H50O5/c1-19-11-16-32(26(34)35)18-17-29(6)21(25(32)31(19,8)36)9-10-23-28(5)14-13-24(37-20(2)33)27(3,4)22(28)12-15-30(23,29)7/h9,19,22-25,36H,10-18H2,1-8H3,(H,34,35)/t19-,22?,23?,24+,25-,28+,29-,30-,31-,32+/m1/s1. The normalized spacial score (nSPS) is 52.5. The Balaban J connectivity index is 1.59. The van der Waals surface area contributed by atoms with E-state index in [1.54, 1.807) is 0 Å². The highest BCUT2D eigenvalue weighted by Crippen LogP contribution is 2.76. The molecule has 2 unspecified atom stereocenters. The van der Waals surface area contributed by atoms with Crippen molar-refractivity contribution in [1.29, 1.82) is 0 Å². The minimum atomic E-state index is -1.03. The molecule has 0 amide bonds. The second kappa shape index (κ2) is 8.08. The van der Waals surface area contributed by atoms with Crippen LogP contribution in [0, 0.1) is 50.7 Å². The van der Waals surface area contributed by atoms with Crippen LogP contribution in [0.15, 0.2) is 11.6 Å². The number of hydrogen-bond acceptors (Lipinski definition) is 4. The molecule has 0 saturated heterocycles. The summed E-state index contributed by atoms with van der Waals surface area (Å²) in [6, 6.07) is 0. The number of ether oxygens (including phenoxy) is 1. The Morgan fingerprint density at radius 1 is 0.919 bits per heavy atom. The number of carbonyl (C=O) groups is 2.